The summed E-state index contributed by atoms with van der Waals surface area (Å²) >= 11 is 0. The average molecular weight is 362 g/mol. The lowest BCUT2D eigenvalue weighted by Gasteiger charge is -2.38. The number of likely N-dealkylation sites (tertiary alicyclic amines) is 1. The van der Waals surface area contributed by atoms with Crippen molar-refractivity contribution < 1.29 is 19.0 Å². The van der Waals surface area contributed by atoms with Gasteiger partial charge in [-0.1, -0.05) is 6.07 Å². The molecule has 1 aromatic rings. The molecule has 1 amide bonds. The maximum Gasteiger partial charge on any atom is 0.258 e. The SMILES string of the molecule is COc1cccc(C(=O)N2CCCC2CN2CC(C)OC(C)C2)c1OC. The summed E-state index contributed by atoms with van der Waals surface area (Å²) < 4.78 is 16.6. The maximum atomic E-state index is 13.2. The molecule has 2 saturated heterocycles. The maximum absolute atomic E-state index is 13.2. The Bertz CT molecular complexity index is 626. The van der Waals surface area contributed by atoms with Gasteiger partial charge in [0.1, 0.15) is 0 Å². The van der Waals surface area contributed by atoms with Crippen molar-refractivity contribution >= 4 is 5.91 Å². The molecule has 3 unspecified atom stereocenters. The highest BCUT2D eigenvalue weighted by Gasteiger charge is 2.34. The van der Waals surface area contributed by atoms with Crippen LogP contribution in [-0.2, 0) is 4.74 Å². The first kappa shape index (κ1) is 19.0. The van der Waals surface area contributed by atoms with E-state index in [9.17, 15) is 4.79 Å². The molecule has 6 heteroatoms. The van der Waals surface area contributed by atoms with Crippen molar-refractivity contribution in [3.8, 4) is 11.5 Å². The summed E-state index contributed by atoms with van der Waals surface area (Å²) in [4.78, 5) is 17.7. The first-order valence-electron chi connectivity index (χ1n) is 9.43. The molecule has 144 valence electrons. The fourth-order valence-electron chi connectivity index (χ4n) is 4.23. The Kier molecular flexibility index (Phi) is 6.04. The topological polar surface area (TPSA) is 51.2 Å². The normalized spacial score (nSPS) is 26.8. The number of hydrogen-bond donors (Lipinski definition) is 0. The molecule has 0 N–H and O–H groups in total. The highest BCUT2D eigenvalue weighted by atomic mass is 16.5. The predicted octanol–water partition coefficient (Wildman–Crippen LogP) is 2.42. The van der Waals surface area contributed by atoms with Crippen LogP contribution in [0.5, 0.6) is 11.5 Å². The van der Waals surface area contributed by atoms with Crippen LogP contribution in [0, 0.1) is 0 Å². The van der Waals surface area contributed by atoms with E-state index in [0.29, 0.717) is 17.1 Å². The average Bonchev–Trinajstić information content (AvgIpc) is 3.07. The Balaban J connectivity index is 1.75. The number of morpholine rings is 1. The highest BCUT2D eigenvalue weighted by molar-refractivity contribution is 5.98. The van der Waals surface area contributed by atoms with Gasteiger partial charge in [0.2, 0.25) is 0 Å². The molecule has 1 aromatic carbocycles. The van der Waals surface area contributed by atoms with Gasteiger partial charge in [-0.3, -0.25) is 9.69 Å². The molecule has 26 heavy (non-hydrogen) atoms. The standard InChI is InChI=1S/C20H30N2O4/c1-14-11-21(12-15(2)26-14)13-16-7-6-10-22(16)20(23)17-8-5-9-18(24-3)19(17)25-4/h5,8-9,14-16H,6-7,10-13H2,1-4H3. The van der Waals surface area contributed by atoms with Crippen LogP contribution in [0.25, 0.3) is 0 Å². The summed E-state index contributed by atoms with van der Waals surface area (Å²) in [6.07, 6.45) is 2.56. The number of methoxy groups -OCH3 is 2. The van der Waals surface area contributed by atoms with Crippen LogP contribution < -0.4 is 9.47 Å². The van der Waals surface area contributed by atoms with Gasteiger partial charge in [0.05, 0.1) is 32.0 Å². The van der Waals surface area contributed by atoms with Gasteiger partial charge < -0.3 is 19.1 Å². The minimum atomic E-state index is 0.0256. The van der Waals surface area contributed by atoms with Crippen molar-refractivity contribution in [1.82, 2.24) is 9.80 Å². The summed E-state index contributed by atoms with van der Waals surface area (Å²) in [7, 11) is 3.16. The predicted molar refractivity (Wildman–Crippen MR) is 100 cm³/mol. The molecular weight excluding hydrogens is 332 g/mol. The number of carbonyl (C=O) groups excluding carboxylic acids is 1. The molecule has 2 heterocycles. The highest BCUT2D eigenvalue weighted by Crippen LogP contribution is 2.33. The Morgan fingerprint density at radius 2 is 1.92 bits per heavy atom. The van der Waals surface area contributed by atoms with Crippen molar-refractivity contribution in [3.63, 3.8) is 0 Å². The van der Waals surface area contributed by atoms with Crippen LogP contribution in [-0.4, -0.2) is 74.4 Å². The van der Waals surface area contributed by atoms with E-state index in [0.717, 1.165) is 39.0 Å². The molecule has 2 fully saturated rings. The third kappa shape index (κ3) is 3.96. The van der Waals surface area contributed by atoms with Crippen LogP contribution in [0.2, 0.25) is 0 Å². The molecule has 0 bridgehead atoms. The summed E-state index contributed by atoms with van der Waals surface area (Å²) in [5, 5.41) is 0. The fourth-order valence-corrected chi connectivity index (χ4v) is 4.23. The van der Waals surface area contributed by atoms with Crippen molar-refractivity contribution in [2.45, 2.75) is 44.9 Å². The second kappa shape index (κ2) is 8.27. The van der Waals surface area contributed by atoms with Gasteiger partial charge in [-0.15, -0.1) is 0 Å². The molecule has 6 nitrogen and oxygen atoms in total. The number of nitrogens with zero attached hydrogens (tertiary/aromatic N) is 2. The van der Waals surface area contributed by atoms with Gasteiger partial charge >= 0.3 is 0 Å². The molecule has 0 aromatic heterocycles. The van der Waals surface area contributed by atoms with Gasteiger partial charge in [0, 0.05) is 32.2 Å². The number of para-hydroxylation sites is 1. The minimum absolute atomic E-state index is 0.0256. The lowest BCUT2D eigenvalue weighted by Crippen LogP contribution is -2.50. The van der Waals surface area contributed by atoms with Crippen LogP contribution in [0.4, 0.5) is 0 Å². The molecule has 3 atom stereocenters. The number of rotatable bonds is 5. The Morgan fingerprint density at radius 3 is 2.58 bits per heavy atom. The van der Waals surface area contributed by atoms with Crippen molar-refractivity contribution in [3.05, 3.63) is 23.8 Å². The van der Waals surface area contributed by atoms with E-state index in [4.69, 9.17) is 14.2 Å². The van der Waals surface area contributed by atoms with Gasteiger partial charge in [-0.25, -0.2) is 0 Å². The third-order valence-electron chi connectivity index (χ3n) is 5.24. The third-order valence-corrected chi connectivity index (χ3v) is 5.24. The van der Waals surface area contributed by atoms with Gasteiger partial charge in [-0.05, 0) is 38.8 Å². The van der Waals surface area contributed by atoms with Crippen molar-refractivity contribution in [1.29, 1.82) is 0 Å². The molecule has 0 saturated carbocycles. The summed E-state index contributed by atoms with van der Waals surface area (Å²) in [5.74, 6) is 1.13. The van der Waals surface area contributed by atoms with Crippen molar-refractivity contribution in [2.75, 3.05) is 40.4 Å². The van der Waals surface area contributed by atoms with E-state index in [1.165, 1.54) is 0 Å². The lowest BCUT2D eigenvalue weighted by atomic mass is 10.1. The van der Waals surface area contributed by atoms with Crippen LogP contribution in [0.15, 0.2) is 18.2 Å². The Hall–Kier alpha value is -1.79. The van der Waals surface area contributed by atoms with E-state index >= 15 is 0 Å². The largest absolute Gasteiger partial charge is 0.493 e. The summed E-state index contributed by atoms with van der Waals surface area (Å²) in [5.41, 5.74) is 0.572. The van der Waals surface area contributed by atoms with Crippen molar-refractivity contribution in [2.24, 2.45) is 0 Å². The summed E-state index contributed by atoms with van der Waals surface area (Å²) in [6.45, 7) is 7.76. The van der Waals surface area contributed by atoms with Crippen LogP contribution >= 0.6 is 0 Å². The van der Waals surface area contributed by atoms with Gasteiger partial charge in [-0.2, -0.15) is 0 Å². The van der Waals surface area contributed by atoms with E-state index in [1.54, 1.807) is 14.2 Å². The quantitative estimate of drug-likeness (QED) is 0.805. The Morgan fingerprint density at radius 1 is 1.19 bits per heavy atom. The fraction of sp³-hybridized carbons (Fsp3) is 0.650. The van der Waals surface area contributed by atoms with Gasteiger partial charge in [0.15, 0.2) is 11.5 Å². The first-order valence-corrected chi connectivity index (χ1v) is 9.43. The first-order chi connectivity index (χ1) is 12.5. The number of carbonyl (C=O) groups is 1. The Labute approximate surface area is 156 Å². The number of amides is 1. The number of benzene rings is 1. The van der Waals surface area contributed by atoms with Crippen LogP contribution in [0.1, 0.15) is 37.0 Å². The summed E-state index contributed by atoms with van der Waals surface area (Å²) in [6, 6.07) is 5.70. The molecule has 2 aliphatic heterocycles. The smallest absolute Gasteiger partial charge is 0.258 e. The number of ether oxygens (including phenoxy) is 3. The van der Waals surface area contributed by atoms with E-state index in [1.807, 2.05) is 23.1 Å². The molecule has 2 aliphatic rings. The molecular formula is C20H30N2O4. The lowest BCUT2D eigenvalue weighted by molar-refractivity contribution is -0.0715. The second-order valence-corrected chi connectivity index (χ2v) is 7.31. The molecule has 3 rings (SSSR count). The zero-order chi connectivity index (χ0) is 18.7. The van der Waals surface area contributed by atoms with E-state index in [2.05, 4.69) is 18.7 Å². The molecule has 0 radical (unpaired) electrons. The van der Waals surface area contributed by atoms with Gasteiger partial charge in [0.25, 0.3) is 5.91 Å². The molecule has 0 aliphatic carbocycles. The monoisotopic (exact) mass is 362 g/mol. The minimum Gasteiger partial charge on any atom is -0.493 e. The van der Waals surface area contributed by atoms with E-state index < -0.39 is 0 Å². The zero-order valence-corrected chi connectivity index (χ0v) is 16.2. The number of hydrogen-bond acceptors (Lipinski definition) is 5. The zero-order valence-electron chi connectivity index (χ0n) is 16.2. The second-order valence-electron chi connectivity index (χ2n) is 7.31. The molecule has 0 spiro atoms. The van der Waals surface area contributed by atoms with E-state index in [-0.39, 0.29) is 24.2 Å². The van der Waals surface area contributed by atoms with Crippen LogP contribution in [0.3, 0.4) is 0 Å².